The van der Waals surface area contributed by atoms with E-state index < -0.39 is 68.1 Å². The van der Waals surface area contributed by atoms with Crippen molar-refractivity contribution in [2.45, 2.75) is 24.5 Å². The third-order valence-corrected chi connectivity index (χ3v) is 8.25. The zero-order chi connectivity index (χ0) is 26.9. The van der Waals surface area contributed by atoms with Gasteiger partial charge in [-0.15, -0.1) is 0 Å². The van der Waals surface area contributed by atoms with Gasteiger partial charge in [-0.05, 0) is 80.3 Å². The van der Waals surface area contributed by atoms with Crippen molar-refractivity contribution in [3.05, 3.63) is 51.1 Å². The first-order valence-electron chi connectivity index (χ1n) is 11.5. The molecule has 4 rings (SSSR count). The summed E-state index contributed by atoms with van der Waals surface area (Å²) < 4.78 is 0. The molecule has 0 radical (unpaired) electrons. The quantitative estimate of drug-likeness (QED) is 0.377. The molecule has 36 heavy (non-hydrogen) atoms. The van der Waals surface area contributed by atoms with Gasteiger partial charge in [0.2, 0.25) is 5.78 Å². The number of likely N-dealkylation sites (N-methyl/N-ethyl adjacent to an activating group) is 1. The molecule has 0 unspecified atom stereocenters. The highest BCUT2D eigenvalue weighted by Crippen LogP contribution is 2.53. The van der Waals surface area contributed by atoms with Crippen molar-refractivity contribution in [3.8, 4) is 5.75 Å². The largest absolute Gasteiger partial charge is 0.508 e. The Bertz CT molecular complexity index is 1290. The molecule has 3 aliphatic carbocycles. The summed E-state index contributed by atoms with van der Waals surface area (Å²) in [6.45, 7) is 0. The van der Waals surface area contributed by atoms with Gasteiger partial charge in [-0.1, -0.05) is 6.07 Å². The molecular formula is C26H32N2O7S. The third-order valence-electron chi connectivity index (χ3n) is 7.30. The summed E-state index contributed by atoms with van der Waals surface area (Å²) in [4.78, 5) is 40.5. The van der Waals surface area contributed by atoms with E-state index in [4.69, 9.17) is 5.73 Å². The van der Waals surface area contributed by atoms with E-state index in [1.54, 1.807) is 20.2 Å². The van der Waals surface area contributed by atoms with Gasteiger partial charge in [0, 0.05) is 11.5 Å². The van der Waals surface area contributed by atoms with Crippen molar-refractivity contribution in [2.24, 2.45) is 17.6 Å². The van der Waals surface area contributed by atoms with Crippen molar-refractivity contribution in [1.29, 1.82) is 0 Å². The minimum absolute atomic E-state index is 0.0646. The van der Waals surface area contributed by atoms with Crippen LogP contribution in [-0.4, -0.2) is 87.3 Å². The minimum Gasteiger partial charge on any atom is -0.508 e. The second-order valence-corrected chi connectivity index (χ2v) is 14.9. The van der Waals surface area contributed by atoms with Crippen LogP contribution in [0.4, 0.5) is 0 Å². The first-order chi connectivity index (χ1) is 16.6. The molecule has 0 saturated heterocycles. The molecule has 0 heterocycles. The Kier molecular flexibility index (Phi) is 6.14. The molecule has 194 valence electrons. The van der Waals surface area contributed by atoms with Crippen LogP contribution in [0.15, 0.2) is 34.4 Å². The molecule has 0 spiro atoms. The molecule has 10 heteroatoms. The molecule has 0 bridgehead atoms. The minimum atomic E-state index is -2.63. The molecule has 1 saturated carbocycles. The number of benzene rings is 1. The normalized spacial score (nSPS) is 28.9. The van der Waals surface area contributed by atoms with Crippen molar-refractivity contribution >= 4 is 39.3 Å². The summed E-state index contributed by atoms with van der Waals surface area (Å²) >= 11 is 0. The lowest BCUT2D eigenvalue weighted by atomic mass is 9.57. The maximum absolute atomic E-state index is 13.8. The molecule has 0 aromatic heterocycles. The summed E-state index contributed by atoms with van der Waals surface area (Å²) in [6.07, 6.45) is 8.63. The maximum atomic E-state index is 13.8. The number of nitrogens with two attached hydrogens (primary N) is 1. The van der Waals surface area contributed by atoms with Crippen LogP contribution in [0.1, 0.15) is 23.1 Å². The van der Waals surface area contributed by atoms with Crippen molar-refractivity contribution in [3.63, 3.8) is 0 Å². The van der Waals surface area contributed by atoms with Crippen molar-refractivity contribution in [1.82, 2.24) is 4.90 Å². The monoisotopic (exact) mass is 516 g/mol. The van der Waals surface area contributed by atoms with E-state index in [1.165, 1.54) is 11.0 Å². The first-order valence-corrected chi connectivity index (χ1v) is 14.4. The molecule has 9 nitrogen and oxygen atoms in total. The van der Waals surface area contributed by atoms with Crippen molar-refractivity contribution in [2.75, 3.05) is 32.9 Å². The topological polar surface area (TPSA) is 161 Å². The SMILES string of the molecule is CN(C)[C@@H]1C(=O)C(C(N)=O)=C(O)[C@@]2(O)C(=O)C3=C(O)c4c(O)ccc(/C=C/S(C)(C)C)c4C[C@H]3C[C@@H]12. The van der Waals surface area contributed by atoms with E-state index in [0.717, 1.165) is 5.56 Å². The average molecular weight is 517 g/mol. The highest BCUT2D eigenvalue weighted by atomic mass is 32.3. The number of phenolic OH excluding ortho intramolecular Hbond substituents is 1. The number of aliphatic hydroxyl groups is 3. The van der Waals surface area contributed by atoms with E-state index in [0.29, 0.717) is 5.56 Å². The Morgan fingerprint density at radius 3 is 2.36 bits per heavy atom. The fourth-order valence-electron chi connectivity index (χ4n) is 5.70. The zero-order valence-corrected chi connectivity index (χ0v) is 21.7. The number of aliphatic hydroxyl groups excluding tert-OH is 2. The van der Waals surface area contributed by atoms with E-state index in [9.17, 15) is 34.8 Å². The Hall–Kier alpha value is -3.08. The molecule has 6 N–H and O–H groups in total. The lowest BCUT2D eigenvalue weighted by molar-refractivity contribution is -0.153. The maximum Gasteiger partial charge on any atom is 0.255 e. The van der Waals surface area contributed by atoms with E-state index in [2.05, 4.69) is 24.2 Å². The summed E-state index contributed by atoms with van der Waals surface area (Å²) in [5.74, 6) is -6.52. The predicted octanol–water partition coefficient (Wildman–Crippen LogP) is 1.63. The summed E-state index contributed by atoms with van der Waals surface area (Å²) in [6, 6.07) is 2.08. The van der Waals surface area contributed by atoms with Gasteiger partial charge in [-0.3, -0.25) is 19.3 Å². The van der Waals surface area contributed by atoms with Crippen LogP contribution < -0.4 is 5.73 Å². The number of fused-ring (bicyclic) bond motifs is 3. The fraction of sp³-hybridized carbons (Fsp3) is 0.423. The number of amides is 1. The number of aromatic hydroxyl groups is 1. The number of hydrogen-bond acceptors (Lipinski definition) is 8. The molecule has 3 aliphatic rings. The van der Waals surface area contributed by atoms with Crippen LogP contribution in [0.5, 0.6) is 5.75 Å². The second-order valence-electron chi connectivity index (χ2n) is 10.7. The average Bonchev–Trinajstić information content (AvgIpc) is 2.74. The Labute approximate surface area is 210 Å². The second kappa shape index (κ2) is 8.50. The number of hydrogen-bond donors (Lipinski definition) is 5. The lowest BCUT2D eigenvalue weighted by Gasteiger charge is -2.50. The number of carbonyl (C=O) groups excluding carboxylic acids is 3. The number of carbonyl (C=O) groups is 3. The van der Waals surface area contributed by atoms with Gasteiger partial charge in [-0.25, -0.2) is 10.0 Å². The van der Waals surface area contributed by atoms with Gasteiger partial charge in [0.15, 0.2) is 11.4 Å². The predicted molar refractivity (Wildman–Crippen MR) is 139 cm³/mol. The van der Waals surface area contributed by atoms with Gasteiger partial charge in [0.25, 0.3) is 5.91 Å². The summed E-state index contributed by atoms with van der Waals surface area (Å²) in [5.41, 5.74) is 3.26. The standard InChI is InChI=1S/C26H32N2O7S/c1-28(2)20-15-11-13-10-14-12(8-9-36(3,4)5)6-7-16(29)18(14)21(30)17(13)23(32)26(15,35)24(33)19(22(20)31)25(27)34/h6-9,13,15,20,29-30,33,35H,10-11H2,1-5H3,(H2,27,34)/b9-8+/t13-,15-,20-,26-/m0/s1. The lowest BCUT2D eigenvalue weighted by Crippen LogP contribution is -2.65. The third kappa shape index (κ3) is 3.75. The Morgan fingerprint density at radius 2 is 1.81 bits per heavy atom. The van der Waals surface area contributed by atoms with Crippen LogP contribution in [0.3, 0.4) is 0 Å². The van der Waals surface area contributed by atoms with Gasteiger partial charge in [0.05, 0.1) is 11.6 Å². The van der Waals surface area contributed by atoms with Crippen LogP contribution in [0.2, 0.25) is 0 Å². The van der Waals surface area contributed by atoms with Gasteiger partial charge < -0.3 is 26.2 Å². The highest BCUT2D eigenvalue weighted by Gasteiger charge is 2.64. The molecule has 4 atom stereocenters. The smallest absolute Gasteiger partial charge is 0.255 e. The highest BCUT2D eigenvalue weighted by molar-refractivity contribution is 8.34. The van der Waals surface area contributed by atoms with E-state index >= 15 is 0 Å². The zero-order valence-electron chi connectivity index (χ0n) is 20.9. The molecular weight excluding hydrogens is 484 g/mol. The molecule has 0 aliphatic heterocycles. The Morgan fingerprint density at radius 1 is 1.17 bits per heavy atom. The van der Waals surface area contributed by atoms with Crippen LogP contribution in [-0.2, 0) is 20.8 Å². The van der Waals surface area contributed by atoms with Crippen LogP contribution >= 0.6 is 10.0 Å². The molecule has 1 aromatic carbocycles. The molecule has 1 aromatic rings. The van der Waals surface area contributed by atoms with E-state index in [-0.39, 0.29) is 29.7 Å². The number of Topliss-reactive ketones (excluding diaryl/α,β-unsaturated/α-hetero) is 2. The molecule has 1 amide bonds. The van der Waals surface area contributed by atoms with Crippen LogP contribution in [0.25, 0.3) is 11.8 Å². The number of primary amides is 1. The number of phenols is 1. The Balaban J connectivity index is 1.95. The van der Waals surface area contributed by atoms with E-state index in [1.807, 2.05) is 6.08 Å². The number of ketones is 2. The van der Waals surface area contributed by atoms with Crippen LogP contribution in [0, 0.1) is 11.8 Å². The molecule has 1 fully saturated rings. The first kappa shape index (κ1) is 26.0. The van der Waals surface area contributed by atoms with Gasteiger partial charge in [-0.2, -0.15) is 0 Å². The fourth-order valence-corrected chi connectivity index (χ4v) is 6.26. The van der Waals surface area contributed by atoms with Gasteiger partial charge in [0.1, 0.15) is 22.8 Å². The van der Waals surface area contributed by atoms with Gasteiger partial charge >= 0.3 is 0 Å². The number of rotatable bonds is 4. The number of nitrogens with zero attached hydrogens (tertiary/aromatic N) is 1. The summed E-state index contributed by atoms with van der Waals surface area (Å²) in [7, 11) is 2.16. The summed E-state index contributed by atoms with van der Waals surface area (Å²) in [5, 5.41) is 46.4. The van der Waals surface area contributed by atoms with Crippen molar-refractivity contribution < 1.29 is 34.8 Å².